The van der Waals surface area contributed by atoms with Crippen molar-refractivity contribution >= 4 is 5.57 Å². The van der Waals surface area contributed by atoms with E-state index in [1.807, 2.05) is 13.8 Å². The van der Waals surface area contributed by atoms with Crippen LogP contribution in [0.1, 0.15) is 45.6 Å². The van der Waals surface area contributed by atoms with Crippen LogP contribution in [0.4, 0.5) is 0 Å². The molecule has 0 unspecified atom stereocenters. The SMILES string of the molecule is C=C(C)/C=C(\C=C/C)c1ccc(OCCCN2CCC[C@H](C)C2)cc1. The lowest BCUT2D eigenvalue weighted by Crippen LogP contribution is -2.35. The van der Waals surface area contributed by atoms with Crippen LogP contribution in [0.25, 0.3) is 5.57 Å². The Labute approximate surface area is 153 Å². The van der Waals surface area contributed by atoms with E-state index >= 15 is 0 Å². The minimum Gasteiger partial charge on any atom is -0.494 e. The van der Waals surface area contributed by atoms with Gasteiger partial charge in [0.15, 0.2) is 0 Å². The smallest absolute Gasteiger partial charge is 0.119 e. The van der Waals surface area contributed by atoms with Gasteiger partial charge in [0.05, 0.1) is 6.61 Å². The Bertz CT molecular complexity index is 597. The second-order valence-corrected chi connectivity index (χ2v) is 7.22. The predicted molar refractivity (Wildman–Crippen MR) is 109 cm³/mol. The minimum atomic E-state index is 0.785. The maximum absolute atomic E-state index is 5.92. The van der Waals surface area contributed by atoms with E-state index in [0.29, 0.717) is 0 Å². The highest BCUT2D eigenvalue weighted by atomic mass is 16.5. The molecule has 1 aromatic carbocycles. The summed E-state index contributed by atoms with van der Waals surface area (Å²) >= 11 is 0. The van der Waals surface area contributed by atoms with Crippen molar-refractivity contribution in [1.29, 1.82) is 0 Å². The fourth-order valence-corrected chi connectivity index (χ4v) is 3.38. The molecule has 1 aliphatic rings. The van der Waals surface area contributed by atoms with Crippen molar-refractivity contribution < 1.29 is 4.74 Å². The number of nitrogens with zero attached hydrogens (tertiary/aromatic N) is 1. The van der Waals surface area contributed by atoms with Crippen LogP contribution in [0, 0.1) is 5.92 Å². The van der Waals surface area contributed by atoms with Crippen LogP contribution in [-0.2, 0) is 0 Å². The summed E-state index contributed by atoms with van der Waals surface area (Å²) in [7, 11) is 0. The summed E-state index contributed by atoms with van der Waals surface area (Å²) in [6.07, 6.45) is 10.1. The average Bonchev–Trinajstić information content (AvgIpc) is 2.59. The molecule has 0 bridgehead atoms. The highest BCUT2D eigenvalue weighted by Crippen LogP contribution is 2.21. The molecule has 1 aliphatic heterocycles. The number of likely N-dealkylation sites (tertiary alicyclic amines) is 1. The highest BCUT2D eigenvalue weighted by Gasteiger charge is 2.15. The third-order valence-corrected chi connectivity index (χ3v) is 4.56. The molecule has 136 valence electrons. The second kappa shape index (κ2) is 10.2. The summed E-state index contributed by atoms with van der Waals surface area (Å²) in [5.41, 5.74) is 3.43. The van der Waals surface area contributed by atoms with Crippen molar-refractivity contribution in [3.05, 3.63) is 60.2 Å². The number of allylic oxidation sites excluding steroid dienone is 5. The van der Waals surface area contributed by atoms with Crippen molar-refractivity contribution in [2.24, 2.45) is 5.92 Å². The van der Waals surface area contributed by atoms with E-state index in [9.17, 15) is 0 Å². The van der Waals surface area contributed by atoms with Gasteiger partial charge < -0.3 is 9.64 Å². The monoisotopic (exact) mass is 339 g/mol. The summed E-state index contributed by atoms with van der Waals surface area (Å²) in [6.45, 7) is 14.8. The van der Waals surface area contributed by atoms with Gasteiger partial charge >= 0.3 is 0 Å². The predicted octanol–water partition coefficient (Wildman–Crippen LogP) is 5.72. The maximum atomic E-state index is 5.92. The van der Waals surface area contributed by atoms with Crippen molar-refractivity contribution in [2.45, 2.75) is 40.0 Å². The van der Waals surface area contributed by atoms with Crippen LogP contribution in [-0.4, -0.2) is 31.1 Å². The van der Waals surface area contributed by atoms with E-state index < -0.39 is 0 Å². The van der Waals surface area contributed by atoms with E-state index in [1.54, 1.807) is 0 Å². The molecule has 1 aromatic rings. The molecule has 0 amide bonds. The molecule has 1 fully saturated rings. The number of piperidine rings is 1. The third-order valence-electron chi connectivity index (χ3n) is 4.56. The van der Waals surface area contributed by atoms with Crippen molar-refractivity contribution in [3.8, 4) is 5.75 Å². The molecule has 2 heteroatoms. The Hall–Kier alpha value is -1.80. The Morgan fingerprint density at radius 1 is 1.32 bits per heavy atom. The van der Waals surface area contributed by atoms with E-state index in [-0.39, 0.29) is 0 Å². The van der Waals surface area contributed by atoms with Gasteiger partial charge in [0.2, 0.25) is 0 Å². The molecule has 2 nitrogen and oxygen atoms in total. The van der Waals surface area contributed by atoms with Crippen molar-refractivity contribution in [3.63, 3.8) is 0 Å². The first kappa shape index (κ1) is 19.5. The zero-order chi connectivity index (χ0) is 18.1. The molecule has 1 atom stereocenters. The van der Waals surface area contributed by atoms with Gasteiger partial charge in [-0.1, -0.05) is 49.4 Å². The van der Waals surface area contributed by atoms with Gasteiger partial charge in [-0.15, -0.1) is 0 Å². The van der Waals surface area contributed by atoms with Crippen LogP contribution in [0.3, 0.4) is 0 Å². The van der Waals surface area contributed by atoms with Gasteiger partial charge in [-0.25, -0.2) is 0 Å². The first-order valence-corrected chi connectivity index (χ1v) is 9.54. The van der Waals surface area contributed by atoms with Gasteiger partial charge in [-0.2, -0.15) is 0 Å². The molecule has 0 aromatic heterocycles. The lowest BCUT2D eigenvalue weighted by atomic mass is 10.0. The Morgan fingerprint density at radius 3 is 2.72 bits per heavy atom. The summed E-state index contributed by atoms with van der Waals surface area (Å²) < 4.78 is 5.92. The van der Waals surface area contributed by atoms with Crippen LogP contribution in [0.15, 0.2) is 54.6 Å². The Morgan fingerprint density at radius 2 is 2.08 bits per heavy atom. The van der Waals surface area contributed by atoms with Gasteiger partial charge in [0, 0.05) is 13.1 Å². The van der Waals surface area contributed by atoms with Crippen LogP contribution >= 0.6 is 0 Å². The minimum absolute atomic E-state index is 0.785. The fraction of sp³-hybridized carbons (Fsp3) is 0.478. The number of hydrogen-bond acceptors (Lipinski definition) is 2. The third kappa shape index (κ3) is 6.91. The van der Waals surface area contributed by atoms with Gasteiger partial charge in [-0.05, 0) is 68.8 Å². The molecular weight excluding hydrogens is 306 g/mol. The number of hydrogen-bond donors (Lipinski definition) is 0. The van der Waals surface area contributed by atoms with E-state index in [0.717, 1.165) is 36.8 Å². The van der Waals surface area contributed by atoms with Gasteiger partial charge in [0.1, 0.15) is 5.75 Å². The quantitative estimate of drug-likeness (QED) is 0.443. The fourth-order valence-electron chi connectivity index (χ4n) is 3.38. The molecule has 1 saturated heterocycles. The molecular formula is C23H33NO. The van der Waals surface area contributed by atoms with E-state index in [2.05, 4.69) is 60.9 Å². The molecule has 0 aliphatic carbocycles. The molecule has 1 heterocycles. The van der Waals surface area contributed by atoms with Crippen molar-refractivity contribution in [2.75, 3.05) is 26.2 Å². The zero-order valence-corrected chi connectivity index (χ0v) is 16.1. The Balaban J connectivity index is 1.80. The molecule has 0 radical (unpaired) electrons. The standard InChI is InChI=1S/C23H33NO/c1-5-8-22(17-19(2)3)21-10-12-23(13-11-21)25-16-7-15-24-14-6-9-20(4)18-24/h5,8,10-13,17,20H,2,6-7,9,14-16,18H2,1,3-4H3/b8-5-,22-17+/t20-/m0/s1. The lowest BCUT2D eigenvalue weighted by molar-refractivity contribution is 0.170. The summed E-state index contributed by atoms with van der Waals surface area (Å²) in [4.78, 5) is 2.58. The highest BCUT2D eigenvalue weighted by molar-refractivity contribution is 5.76. The Kier molecular flexibility index (Phi) is 8.00. The zero-order valence-electron chi connectivity index (χ0n) is 16.1. The lowest BCUT2D eigenvalue weighted by Gasteiger charge is -2.30. The molecule has 0 spiro atoms. The van der Waals surface area contributed by atoms with E-state index in [1.165, 1.54) is 37.1 Å². The maximum Gasteiger partial charge on any atom is 0.119 e. The largest absolute Gasteiger partial charge is 0.494 e. The molecule has 0 saturated carbocycles. The summed E-state index contributed by atoms with van der Waals surface area (Å²) in [5.74, 6) is 1.80. The molecule has 2 rings (SSSR count). The summed E-state index contributed by atoms with van der Waals surface area (Å²) in [5, 5.41) is 0. The average molecular weight is 340 g/mol. The second-order valence-electron chi connectivity index (χ2n) is 7.22. The number of benzene rings is 1. The number of rotatable bonds is 8. The van der Waals surface area contributed by atoms with Gasteiger partial charge in [-0.3, -0.25) is 0 Å². The normalized spacial score (nSPS) is 19.3. The van der Waals surface area contributed by atoms with E-state index in [4.69, 9.17) is 4.74 Å². The molecule has 25 heavy (non-hydrogen) atoms. The molecule has 0 N–H and O–H groups in total. The van der Waals surface area contributed by atoms with Gasteiger partial charge in [0.25, 0.3) is 0 Å². The number of ether oxygens (including phenoxy) is 1. The topological polar surface area (TPSA) is 12.5 Å². The summed E-state index contributed by atoms with van der Waals surface area (Å²) in [6, 6.07) is 8.37. The van der Waals surface area contributed by atoms with Crippen LogP contribution in [0.5, 0.6) is 5.75 Å². The first-order valence-electron chi connectivity index (χ1n) is 9.54. The van der Waals surface area contributed by atoms with Crippen LogP contribution in [0.2, 0.25) is 0 Å². The first-order chi connectivity index (χ1) is 12.1. The van der Waals surface area contributed by atoms with Crippen molar-refractivity contribution in [1.82, 2.24) is 4.90 Å². The van der Waals surface area contributed by atoms with Crippen LogP contribution < -0.4 is 4.74 Å².